The van der Waals surface area contributed by atoms with Crippen LogP contribution in [0.15, 0.2) is 0 Å². The van der Waals surface area contributed by atoms with Gasteiger partial charge < -0.3 is 9.64 Å². The third-order valence-corrected chi connectivity index (χ3v) is 5.43. The van der Waals surface area contributed by atoms with Crippen molar-refractivity contribution in [2.45, 2.75) is 88.7 Å². The zero-order valence-corrected chi connectivity index (χ0v) is 12.5. The Bertz CT molecular complexity index is 393. The molecule has 1 unspecified atom stereocenters. The maximum Gasteiger partial charge on any atom is 0.241 e. The second kappa shape index (κ2) is 4.70. The van der Waals surface area contributed by atoms with E-state index in [-0.39, 0.29) is 6.04 Å². The zero-order valence-electron chi connectivity index (χ0n) is 12.5. The van der Waals surface area contributed by atoms with Crippen LogP contribution < -0.4 is 5.32 Å². The second-order valence-corrected chi connectivity index (χ2v) is 7.42. The van der Waals surface area contributed by atoms with Crippen molar-refractivity contribution in [3.05, 3.63) is 0 Å². The van der Waals surface area contributed by atoms with Crippen LogP contribution in [-0.2, 0) is 9.53 Å². The normalized spacial score (nSPS) is 43.1. The summed E-state index contributed by atoms with van der Waals surface area (Å²) < 4.78 is 5.99. The number of ether oxygens (including phenoxy) is 1. The maximum absolute atomic E-state index is 12.7. The molecule has 1 saturated carbocycles. The Balaban J connectivity index is 1.39. The second-order valence-electron chi connectivity index (χ2n) is 7.42. The van der Waals surface area contributed by atoms with Crippen molar-refractivity contribution >= 4 is 5.91 Å². The lowest BCUT2D eigenvalue weighted by Crippen LogP contribution is -2.51. The van der Waals surface area contributed by atoms with Gasteiger partial charge in [0.05, 0.1) is 12.2 Å². The smallest absolute Gasteiger partial charge is 0.241 e. The molecule has 1 amide bonds. The number of piperidine rings is 1. The summed E-state index contributed by atoms with van der Waals surface area (Å²) in [7, 11) is 0. The minimum Gasteiger partial charge on any atom is -0.375 e. The van der Waals surface area contributed by atoms with Gasteiger partial charge in [-0.05, 0) is 58.3 Å². The fourth-order valence-corrected chi connectivity index (χ4v) is 4.38. The van der Waals surface area contributed by atoms with Crippen molar-refractivity contribution in [2.24, 2.45) is 5.92 Å². The highest BCUT2D eigenvalue weighted by molar-refractivity contribution is 5.87. The van der Waals surface area contributed by atoms with Crippen LogP contribution >= 0.6 is 0 Å². The van der Waals surface area contributed by atoms with Crippen LogP contribution in [0.25, 0.3) is 0 Å². The molecule has 4 rings (SSSR count). The quantitative estimate of drug-likeness (QED) is 0.796. The molecular formula is C16H26N2O2. The third kappa shape index (κ3) is 2.27. The molecule has 3 heterocycles. The first-order chi connectivity index (χ1) is 9.63. The summed E-state index contributed by atoms with van der Waals surface area (Å²) in [6.07, 6.45) is 7.73. The molecule has 0 radical (unpaired) electrons. The molecular weight excluding hydrogens is 252 g/mol. The number of rotatable bonds is 4. The minimum atomic E-state index is 0.146. The van der Waals surface area contributed by atoms with E-state index in [9.17, 15) is 4.79 Å². The summed E-state index contributed by atoms with van der Waals surface area (Å²) in [5.74, 6) is 1.18. The molecule has 4 heteroatoms. The zero-order chi connectivity index (χ0) is 13.9. The average Bonchev–Trinajstić information content (AvgIpc) is 3.24. The Kier molecular flexibility index (Phi) is 3.08. The van der Waals surface area contributed by atoms with E-state index in [4.69, 9.17) is 4.74 Å². The van der Waals surface area contributed by atoms with Crippen molar-refractivity contribution < 1.29 is 9.53 Å². The molecule has 4 nitrogen and oxygen atoms in total. The lowest BCUT2D eigenvalue weighted by atomic mass is 9.98. The maximum atomic E-state index is 12.7. The fourth-order valence-electron chi connectivity index (χ4n) is 4.38. The molecule has 0 spiro atoms. The molecule has 20 heavy (non-hydrogen) atoms. The number of nitrogens with one attached hydrogen (secondary N) is 1. The van der Waals surface area contributed by atoms with Crippen LogP contribution in [0.2, 0.25) is 0 Å². The standard InChI is InChI=1S/C16H26N2O2/c1-9(2)20-13-7-11-5-6-12(8-13)18(11)16(19)15-14(17-15)10-3-4-10/h9-15,17H,3-8H2,1-2H3/t11-,12+,13?,14-,15-/m0/s1. The number of fused-ring (bicyclic) bond motifs is 2. The first-order valence-corrected chi connectivity index (χ1v) is 8.37. The van der Waals surface area contributed by atoms with Gasteiger partial charge in [-0.1, -0.05) is 0 Å². The Morgan fingerprint density at radius 1 is 1.15 bits per heavy atom. The summed E-state index contributed by atoms with van der Waals surface area (Å²) in [6, 6.07) is 1.53. The minimum absolute atomic E-state index is 0.146. The van der Waals surface area contributed by atoms with Gasteiger partial charge in [0.15, 0.2) is 0 Å². The fraction of sp³-hybridized carbons (Fsp3) is 0.938. The van der Waals surface area contributed by atoms with E-state index in [0.29, 0.717) is 36.2 Å². The Morgan fingerprint density at radius 3 is 2.35 bits per heavy atom. The Labute approximate surface area is 121 Å². The Morgan fingerprint density at radius 2 is 1.80 bits per heavy atom. The van der Waals surface area contributed by atoms with Crippen LogP contribution in [-0.4, -0.2) is 47.2 Å². The van der Waals surface area contributed by atoms with Gasteiger partial charge in [-0.3, -0.25) is 10.1 Å². The van der Waals surface area contributed by atoms with E-state index < -0.39 is 0 Å². The van der Waals surface area contributed by atoms with Gasteiger partial charge in [0.2, 0.25) is 5.91 Å². The lowest BCUT2D eigenvalue weighted by Gasteiger charge is -2.39. The number of amides is 1. The molecule has 0 aromatic rings. The van der Waals surface area contributed by atoms with E-state index in [1.165, 1.54) is 25.7 Å². The monoisotopic (exact) mass is 278 g/mol. The summed E-state index contributed by atoms with van der Waals surface area (Å²) in [5.41, 5.74) is 0. The van der Waals surface area contributed by atoms with Crippen molar-refractivity contribution in [1.29, 1.82) is 0 Å². The van der Waals surface area contributed by atoms with Gasteiger partial charge in [-0.15, -0.1) is 0 Å². The number of hydrogen-bond donors (Lipinski definition) is 1. The summed E-state index contributed by atoms with van der Waals surface area (Å²) in [5, 5.41) is 3.42. The first kappa shape index (κ1) is 13.1. The van der Waals surface area contributed by atoms with Gasteiger partial charge in [-0.2, -0.15) is 0 Å². The van der Waals surface area contributed by atoms with Crippen LogP contribution in [0.4, 0.5) is 0 Å². The molecule has 2 bridgehead atoms. The summed E-state index contributed by atoms with van der Waals surface area (Å²) in [6.45, 7) is 4.21. The predicted molar refractivity (Wildman–Crippen MR) is 76.3 cm³/mol. The number of carbonyl (C=O) groups excluding carboxylic acids is 1. The molecule has 1 N–H and O–H groups in total. The highest BCUT2D eigenvalue weighted by atomic mass is 16.5. The van der Waals surface area contributed by atoms with Gasteiger partial charge in [0, 0.05) is 18.1 Å². The number of nitrogens with zero attached hydrogens (tertiary/aromatic N) is 1. The van der Waals surface area contributed by atoms with Crippen LogP contribution in [0.1, 0.15) is 52.4 Å². The van der Waals surface area contributed by atoms with Crippen molar-refractivity contribution in [1.82, 2.24) is 10.2 Å². The SMILES string of the molecule is CC(C)OC1C[C@H]2CC[C@@H](C1)N2C(=O)[C@H]1N[C@H]1C1CC1. The van der Waals surface area contributed by atoms with Crippen molar-refractivity contribution in [3.63, 3.8) is 0 Å². The van der Waals surface area contributed by atoms with Crippen molar-refractivity contribution in [3.8, 4) is 0 Å². The average molecular weight is 278 g/mol. The molecule has 3 aliphatic heterocycles. The van der Waals surface area contributed by atoms with E-state index >= 15 is 0 Å². The van der Waals surface area contributed by atoms with Gasteiger partial charge in [0.25, 0.3) is 0 Å². The number of hydrogen-bond acceptors (Lipinski definition) is 3. The summed E-state index contributed by atoms with van der Waals surface area (Å²) in [4.78, 5) is 14.9. The van der Waals surface area contributed by atoms with Crippen LogP contribution in [0, 0.1) is 5.92 Å². The highest BCUT2D eigenvalue weighted by Crippen LogP contribution is 2.43. The summed E-state index contributed by atoms with van der Waals surface area (Å²) >= 11 is 0. The Hall–Kier alpha value is -0.610. The molecule has 4 aliphatic rings. The van der Waals surface area contributed by atoms with Gasteiger partial charge in [0.1, 0.15) is 6.04 Å². The van der Waals surface area contributed by atoms with E-state index in [1.54, 1.807) is 0 Å². The topological polar surface area (TPSA) is 51.5 Å². The van der Waals surface area contributed by atoms with E-state index in [0.717, 1.165) is 18.8 Å². The molecule has 0 aromatic heterocycles. The third-order valence-electron chi connectivity index (χ3n) is 5.43. The molecule has 1 aliphatic carbocycles. The van der Waals surface area contributed by atoms with Gasteiger partial charge in [-0.25, -0.2) is 0 Å². The van der Waals surface area contributed by atoms with E-state index in [1.807, 2.05) is 0 Å². The predicted octanol–water partition coefficient (Wildman–Crippen LogP) is 1.68. The van der Waals surface area contributed by atoms with Crippen molar-refractivity contribution in [2.75, 3.05) is 0 Å². The molecule has 0 aromatic carbocycles. The largest absolute Gasteiger partial charge is 0.375 e. The van der Waals surface area contributed by atoms with E-state index in [2.05, 4.69) is 24.1 Å². The van der Waals surface area contributed by atoms with Crippen LogP contribution in [0.5, 0.6) is 0 Å². The molecule has 4 fully saturated rings. The van der Waals surface area contributed by atoms with Gasteiger partial charge >= 0.3 is 0 Å². The molecule has 5 atom stereocenters. The highest BCUT2D eigenvalue weighted by Gasteiger charge is 2.55. The first-order valence-electron chi connectivity index (χ1n) is 8.37. The van der Waals surface area contributed by atoms with Crippen LogP contribution in [0.3, 0.4) is 0 Å². The molecule has 112 valence electrons. The molecule has 3 saturated heterocycles. The lowest BCUT2D eigenvalue weighted by molar-refractivity contribution is -0.139. The number of carbonyl (C=O) groups is 1.